The second kappa shape index (κ2) is 3.46. The number of hydrogen-bond acceptors (Lipinski definition) is 3. The Balaban J connectivity index is 2.78. The molecule has 1 rings (SSSR count). The number of nitrogens with zero attached hydrogens (tertiary/aromatic N) is 1. The van der Waals surface area contributed by atoms with Gasteiger partial charge in [0, 0.05) is 18.8 Å². The Morgan fingerprint density at radius 2 is 2.27 bits per heavy atom. The van der Waals surface area contributed by atoms with Gasteiger partial charge in [0.05, 0.1) is 6.17 Å². The summed E-state index contributed by atoms with van der Waals surface area (Å²) in [4.78, 5) is 3.99. The Hall–Kier alpha value is -0.930. The zero-order valence-corrected chi connectivity index (χ0v) is 6.62. The second-order valence-electron chi connectivity index (χ2n) is 2.67. The van der Waals surface area contributed by atoms with E-state index in [9.17, 15) is 0 Å². The molecule has 0 radical (unpaired) electrons. The van der Waals surface area contributed by atoms with Crippen molar-refractivity contribution in [1.82, 2.24) is 4.98 Å². The fourth-order valence-corrected chi connectivity index (χ4v) is 0.964. The van der Waals surface area contributed by atoms with E-state index in [0.717, 1.165) is 5.56 Å². The van der Waals surface area contributed by atoms with E-state index in [4.69, 9.17) is 11.5 Å². The molecule has 0 aromatic carbocycles. The molecule has 0 aliphatic carbocycles. The van der Waals surface area contributed by atoms with Crippen LogP contribution in [0.4, 0.5) is 0 Å². The standard InChI is InChI=1S/C8H13N3/c1-6-2-3-11-5-7(6)4-8(9)10/h2-3,5,8H,4,9-10H2,1H3. The van der Waals surface area contributed by atoms with Gasteiger partial charge in [-0.15, -0.1) is 0 Å². The predicted octanol–water partition coefficient (Wildman–Crippen LogP) is 0.176. The van der Waals surface area contributed by atoms with Crippen LogP contribution in [-0.2, 0) is 6.42 Å². The van der Waals surface area contributed by atoms with Gasteiger partial charge in [-0.05, 0) is 24.1 Å². The molecule has 0 spiro atoms. The quantitative estimate of drug-likeness (QED) is 0.592. The molecule has 0 amide bonds. The largest absolute Gasteiger partial charge is 0.316 e. The Bertz CT molecular complexity index is 233. The van der Waals surface area contributed by atoms with E-state index in [2.05, 4.69) is 4.98 Å². The van der Waals surface area contributed by atoms with Crippen molar-refractivity contribution in [3.63, 3.8) is 0 Å². The molecule has 0 aliphatic heterocycles. The van der Waals surface area contributed by atoms with Gasteiger partial charge < -0.3 is 11.5 Å². The van der Waals surface area contributed by atoms with Crippen molar-refractivity contribution >= 4 is 0 Å². The van der Waals surface area contributed by atoms with Crippen LogP contribution < -0.4 is 11.5 Å². The van der Waals surface area contributed by atoms with Gasteiger partial charge in [-0.2, -0.15) is 0 Å². The van der Waals surface area contributed by atoms with Crippen LogP contribution in [-0.4, -0.2) is 11.1 Å². The van der Waals surface area contributed by atoms with E-state index in [0.29, 0.717) is 6.42 Å². The molecule has 0 saturated carbocycles. The average Bonchev–Trinajstić information content (AvgIpc) is 1.93. The zero-order valence-electron chi connectivity index (χ0n) is 6.62. The van der Waals surface area contributed by atoms with E-state index in [1.165, 1.54) is 5.56 Å². The molecule has 11 heavy (non-hydrogen) atoms. The fraction of sp³-hybridized carbons (Fsp3) is 0.375. The second-order valence-corrected chi connectivity index (χ2v) is 2.67. The summed E-state index contributed by atoms with van der Waals surface area (Å²) in [5, 5.41) is 0. The number of hydrogen-bond donors (Lipinski definition) is 2. The van der Waals surface area contributed by atoms with Crippen LogP contribution in [0.5, 0.6) is 0 Å². The van der Waals surface area contributed by atoms with Crippen molar-refractivity contribution in [3.05, 3.63) is 29.6 Å². The molecule has 3 nitrogen and oxygen atoms in total. The van der Waals surface area contributed by atoms with Crippen molar-refractivity contribution in [3.8, 4) is 0 Å². The van der Waals surface area contributed by atoms with E-state index >= 15 is 0 Å². The van der Waals surface area contributed by atoms with Crippen LogP contribution >= 0.6 is 0 Å². The van der Waals surface area contributed by atoms with Gasteiger partial charge >= 0.3 is 0 Å². The highest BCUT2D eigenvalue weighted by Gasteiger charge is 2.00. The molecule has 0 fully saturated rings. The van der Waals surface area contributed by atoms with Gasteiger partial charge in [0.25, 0.3) is 0 Å². The molecule has 0 unspecified atom stereocenters. The van der Waals surface area contributed by atoms with Crippen molar-refractivity contribution in [2.75, 3.05) is 0 Å². The zero-order chi connectivity index (χ0) is 8.27. The smallest absolute Gasteiger partial charge is 0.0563 e. The highest BCUT2D eigenvalue weighted by atomic mass is 14.8. The Kier molecular flexibility index (Phi) is 2.57. The summed E-state index contributed by atoms with van der Waals surface area (Å²) in [6.45, 7) is 2.03. The number of nitrogens with two attached hydrogens (primary N) is 2. The maximum atomic E-state index is 5.44. The summed E-state index contributed by atoms with van der Waals surface area (Å²) in [5.74, 6) is 0. The molecule has 3 heteroatoms. The molecule has 1 aromatic rings. The first kappa shape index (κ1) is 8.17. The molecular weight excluding hydrogens is 138 g/mol. The lowest BCUT2D eigenvalue weighted by atomic mass is 10.1. The Morgan fingerprint density at radius 1 is 1.55 bits per heavy atom. The van der Waals surface area contributed by atoms with Gasteiger partial charge in [0.15, 0.2) is 0 Å². The lowest BCUT2D eigenvalue weighted by Gasteiger charge is -2.06. The highest BCUT2D eigenvalue weighted by Crippen LogP contribution is 2.05. The Morgan fingerprint density at radius 3 is 2.82 bits per heavy atom. The van der Waals surface area contributed by atoms with E-state index < -0.39 is 0 Å². The topological polar surface area (TPSA) is 64.9 Å². The van der Waals surface area contributed by atoms with Crippen molar-refractivity contribution < 1.29 is 0 Å². The molecule has 1 aromatic heterocycles. The van der Waals surface area contributed by atoms with Gasteiger partial charge in [-0.1, -0.05) is 0 Å². The maximum absolute atomic E-state index is 5.44. The minimum absolute atomic E-state index is 0.280. The predicted molar refractivity (Wildman–Crippen MR) is 44.8 cm³/mol. The van der Waals surface area contributed by atoms with Crippen molar-refractivity contribution in [2.45, 2.75) is 19.5 Å². The van der Waals surface area contributed by atoms with Gasteiger partial charge in [-0.25, -0.2) is 0 Å². The van der Waals surface area contributed by atoms with Crippen molar-refractivity contribution in [1.29, 1.82) is 0 Å². The molecule has 60 valence electrons. The van der Waals surface area contributed by atoms with Crippen LogP contribution in [0, 0.1) is 6.92 Å². The summed E-state index contributed by atoms with van der Waals surface area (Å²) >= 11 is 0. The highest BCUT2D eigenvalue weighted by molar-refractivity contribution is 5.21. The first-order valence-electron chi connectivity index (χ1n) is 3.61. The molecule has 0 atom stereocenters. The number of rotatable bonds is 2. The summed E-state index contributed by atoms with van der Waals surface area (Å²) in [6.07, 6.45) is 3.99. The first-order chi connectivity index (χ1) is 5.20. The molecular formula is C8H13N3. The SMILES string of the molecule is Cc1ccncc1CC(N)N. The van der Waals surface area contributed by atoms with E-state index in [1.807, 2.05) is 19.2 Å². The van der Waals surface area contributed by atoms with E-state index in [-0.39, 0.29) is 6.17 Å². The average molecular weight is 151 g/mol. The normalized spacial score (nSPS) is 10.5. The van der Waals surface area contributed by atoms with Crippen LogP contribution in [0.15, 0.2) is 18.5 Å². The van der Waals surface area contributed by atoms with Crippen LogP contribution in [0.3, 0.4) is 0 Å². The lowest BCUT2D eigenvalue weighted by molar-refractivity contribution is 0.698. The molecule has 0 aliphatic rings. The van der Waals surface area contributed by atoms with Gasteiger partial charge in [-0.3, -0.25) is 4.98 Å². The third-order valence-corrected chi connectivity index (χ3v) is 1.60. The molecule has 4 N–H and O–H groups in total. The molecule has 0 saturated heterocycles. The summed E-state index contributed by atoms with van der Waals surface area (Å²) in [6, 6.07) is 1.96. The third kappa shape index (κ3) is 2.29. The maximum Gasteiger partial charge on any atom is 0.0563 e. The van der Waals surface area contributed by atoms with Crippen LogP contribution in [0.1, 0.15) is 11.1 Å². The third-order valence-electron chi connectivity index (χ3n) is 1.60. The fourth-order valence-electron chi connectivity index (χ4n) is 0.964. The van der Waals surface area contributed by atoms with Crippen LogP contribution in [0.25, 0.3) is 0 Å². The Labute approximate surface area is 66.4 Å². The summed E-state index contributed by atoms with van der Waals surface area (Å²) in [7, 11) is 0. The monoisotopic (exact) mass is 151 g/mol. The van der Waals surface area contributed by atoms with Gasteiger partial charge in [0.1, 0.15) is 0 Å². The lowest BCUT2D eigenvalue weighted by Crippen LogP contribution is -2.32. The first-order valence-corrected chi connectivity index (χ1v) is 3.61. The van der Waals surface area contributed by atoms with Gasteiger partial charge in [0.2, 0.25) is 0 Å². The number of aryl methyl sites for hydroxylation is 1. The summed E-state index contributed by atoms with van der Waals surface area (Å²) in [5.41, 5.74) is 13.2. The summed E-state index contributed by atoms with van der Waals surface area (Å²) < 4.78 is 0. The number of aromatic nitrogens is 1. The number of pyridine rings is 1. The minimum Gasteiger partial charge on any atom is -0.316 e. The molecule has 0 bridgehead atoms. The van der Waals surface area contributed by atoms with Crippen molar-refractivity contribution in [2.24, 2.45) is 11.5 Å². The van der Waals surface area contributed by atoms with E-state index in [1.54, 1.807) is 6.20 Å². The minimum atomic E-state index is -0.280. The van der Waals surface area contributed by atoms with Crippen LogP contribution in [0.2, 0.25) is 0 Å². The molecule has 1 heterocycles.